The monoisotopic (exact) mass is 449 g/mol. The number of hydrogen-bond donors (Lipinski definition) is 9. The van der Waals surface area contributed by atoms with Crippen molar-refractivity contribution in [1.29, 1.82) is 0 Å². The highest BCUT2D eigenvalue weighted by Gasteiger charge is 2.28. The van der Waals surface area contributed by atoms with Gasteiger partial charge in [0.05, 0.1) is 6.10 Å². The largest absolute Gasteiger partial charge is 0.480 e. The van der Waals surface area contributed by atoms with E-state index in [4.69, 9.17) is 17.2 Å². The first kappa shape index (κ1) is 27.4. The molecule has 172 valence electrons. The fourth-order valence-electron chi connectivity index (χ4n) is 2.12. The molecule has 0 aromatic heterocycles. The molecule has 0 saturated heterocycles. The third-order valence-corrected chi connectivity index (χ3v) is 4.32. The second kappa shape index (κ2) is 13.6. The number of aliphatic imine (C=N–C) groups is 1. The molecule has 0 heterocycles. The van der Waals surface area contributed by atoms with Gasteiger partial charge < -0.3 is 43.4 Å². The van der Waals surface area contributed by atoms with E-state index in [0.717, 1.165) is 0 Å². The van der Waals surface area contributed by atoms with Crippen molar-refractivity contribution in [2.24, 2.45) is 22.2 Å². The predicted octanol–water partition coefficient (Wildman–Crippen LogP) is -3.76. The summed E-state index contributed by atoms with van der Waals surface area (Å²) in [6.45, 7) is 2.87. The van der Waals surface area contributed by atoms with Crippen LogP contribution in [0.15, 0.2) is 4.99 Å². The first-order valence-corrected chi connectivity index (χ1v) is 9.77. The molecule has 0 aromatic carbocycles. The molecule has 5 atom stereocenters. The SMILES string of the molecule is CC(NC(=O)C(CS)NC(=O)C(N)C(C)O)C(=O)NC(CCCN=C(N)N)C(=O)O. The first-order valence-electron chi connectivity index (χ1n) is 9.14. The number of nitrogens with zero attached hydrogens (tertiary/aromatic N) is 1. The Hall–Kier alpha value is -2.58. The van der Waals surface area contributed by atoms with Crippen LogP contribution in [0.1, 0.15) is 26.7 Å². The standard InChI is InChI=1S/C16H31N7O6S/c1-7(12(25)22-9(15(28)29)4-3-5-20-16(18)19)21-13(26)10(6-30)23-14(27)11(17)8(2)24/h7-11,24,30H,3-6,17H2,1-2H3,(H,21,26)(H,22,25)(H,23,27)(H,28,29)(H4,18,19,20). The maximum absolute atomic E-state index is 12.3. The van der Waals surface area contributed by atoms with Crippen LogP contribution < -0.4 is 33.2 Å². The quantitative estimate of drug-likeness (QED) is 0.0580. The number of aliphatic hydroxyl groups is 1. The van der Waals surface area contributed by atoms with Crippen molar-refractivity contribution < 1.29 is 29.4 Å². The summed E-state index contributed by atoms with van der Waals surface area (Å²) in [5.41, 5.74) is 15.9. The molecule has 0 bridgehead atoms. The van der Waals surface area contributed by atoms with Crippen molar-refractivity contribution >= 4 is 42.3 Å². The molecule has 0 rings (SSSR count). The van der Waals surface area contributed by atoms with Gasteiger partial charge in [0.15, 0.2) is 5.96 Å². The van der Waals surface area contributed by atoms with Gasteiger partial charge in [-0.1, -0.05) is 0 Å². The highest BCUT2D eigenvalue weighted by molar-refractivity contribution is 7.80. The summed E-state index contributed by atoms with van der Waals surface area (Å²) in [5, 5.41) is 25.6. The lowest BCUT2D eigenvalue weighted by Gasteiger charge is -2.23. The minimum absolute atomic E-state index is 0.0745. The molecule has 3 amide bonds. The molecule has 11 N–H and O–H groups in total. The maximum atomic E-state index is 12.3. The molecule has 0 aromatic rings. The van der Waals surface area contributed by atoms with Crippen LogP contribution in [0.3, 0.4) is 0 Å². The van der Waals surface area contributed by atoms with Gasteiger partial charge >= 0.3 is 5.97 Å². The molecule has 13 nitrogen and oxygen atoms in total. The normalized spacial score (nSPS) is 15.6. The van der Waals surface area contributed by atoms with Crippen molar-refractivity contribution in [3.05, 3.63) is 0 Å². The van der Waals surface area contributed by atoms with Gasteiger partial charge in [-0.3, -0.25) is 19.4 Å². The van der Waals surface area contributed by atoms with Crippen molar-refractivity contribution in [3.8, 4) is 0 Å². The van der Waals surface area contributed by atoms with E-state index < -0.39 is 54.0 Å². The van der Waals surface area contributed by atoms with Crippen molar-refractivity contribution in [2.75, 3.05) is 12.3 Å². The van der Waals surface area contributed by atoms with E-state index in [-0.39, 0.29) is 24.7 Å². The van der Waals surface area contributed by atoms with E-state index in [1.165, 1.54) is 13.8 Å². The van der Waals surface area contributed by atoms with E-state index in [1.807, 2.05) is 0 Å². The number of carboxylic acids is 1. The summed E-state index contributed by atoms with van der Waals surface area (Å²) in [5.74, 6) is -3.69. The van der Waals surface area contributed by atoms with Crippen molar-refractivity contribution in [2.45, 2.75) is 57.0 Å². The van der Waals surface area contributed by atoms with Gasteiger partial charge in [0.1, 0.15) is 24.2 Å². The number of carboxylic acid groups (broad SMARTS) is 1. The first-order chi connectivity index (χ1) is 13.9. The van der Waals surface area contributed by atoms with Gasteiger partial charge in [-0.05, 0) is 26.7 Å². The molecular formula is C16H31N7O6S. The van der Waals surface area contributed by atoms with E-state index in [0.29, 0.717) is 6.42 Å². The Bertz CT molecular complexity index is 642. The average Bonchev–Trinajstić information content (AvgIpc) is 2.66. The molecule has 0 aliphatic rings. The minimum Gasteiger partial charge on any atom is -0.480 e. The van der Waals surface area contributed by atoms with Crippen LogP contribution in [-0.4, -0.2) is 82.4 Å². The predicted molar refractivity (Wildman–Crippen MR) is 113 cm³/mol. The third kappa shape index (κ3) is 10.3. The molecule has 0 aliphatic heterocycles. The number of rotatable bonds is 13. The van der Waals surface area contributed by atoms with Crippen LogP contribution in [0.2, 0.25) is 0 Å². The third-order valence-electron chi connectivity index (χ3n) is 3.95. The van der Waals surface area contributed by atoms with Gasteiger partial charge in [-0.15, -0.1) is 0 Å². The summed E-state index contributed by atoms with van der Waals surface area (Å²) < 4.78 is 0. The summed E-state index contributed by atoms with van der Waals surface area (Å²) in [4.78, 5) is 51.5. The Balaban J connectivity index is 4.79. The number of carbonyl (C=O) groups excluding carboxylic acids is 3. The molecule has 5 unspecified atom stereocenters. The minimum atomic E-state index is -1.25. The summed E-state index contributed by atoms with van der Waals surface area (Å²) in [6.07, 6.45) is -0.739. The Kier molecular flexibility index (Phi) is 12.4. The second-order valence-electron chi connectivity index (χ2n) is 6.59. The van der Waals surface area contributed by atoms with E-state index in [2.05, 4.69) is 33.6 Å². The van der Waals surface area contributed by atoms with Crippen LogP contribution in [0.5, 0.6) is 0 Å². The van der Waals surface area contributed by atoms with Gasteiger partial charge in [0.2, 0.25) is 17.7 Å². The lowest BCUT2D eigenvalue weighted by Crippen LogP contribution is -2.58. The number of aliphatic hydroxyl groups excluding tert-OH is 1. The Morgan fingerprint density at radius 3 is 2.03 bits per heavy atom. The average molecular weight is 450 g/mol. The fourth-order valence-corrected chi connectivity index (χ4v) is 2.38. The highest BCUT2D eigenvalue weighted by atomic mass is 32.1. The molecular weight excluding hydrogens is 418 g/mol. The molecule has 0 aliphatic carbocycles. The van der Waals surface area contributed by atoms with Crippen LogP contribution in [0, 0.1) is 0 Å². The lowest BCUT2D eigenvalue weighted by atomic mass is 10.1. The van der Waals surface area contributed by atoms with E-state index >= 15 is 0 Å². The maximum Gasteiger partial charge on any atom is 0.326 e. The summed E-state index contributed by atoms with van der Waals surface area (Å²) in [7, 11) is 0. The zero-order valence-corrected chi connectivity index (χ0v) is 17.8. The number of guanidine groups is 1. The Morgan fingerprint density at radius 1 is 1.00 bits per heavy atom. The van der Waals surface area contributed by atoms with Crippen LogP contribution in [-0.2, 0) is 19.2 Å². The number of carbonyl (C=O) groups is 4. The van der Waals surface area contributed by atoms with Crippen LogP contribution >= 0.6 is 12.6 Å². The van der Waals surface area contributed by atoms with Gasteiger partial charge in [0, 0.05) is 12.3 Å². The number of aliphatic carboxylic acids is 1. The summed E-state index contributed by atoms with van der Waals surface area (Å²) in [6, 6.07) is -4.65. The molecule has 0 saturated carbocycles. The van der Waals surface area contributed by atoms with Crippen LogP contribution in [0.4, 0.5) is 0 Å². The van der Waals surface area contributed by atoms with E-state index in [1.54, 1.807) is 0 Å². The fraction of sp³-hybridized carbons (Fsp3) is 0.688. The lowest BCUT2D eigenvalue weighted by molar-refractivity contribution is -0.142. The Labute approximate surface area is 179 Å². The van der Waals surface area contributed by atoms with Gasteiger partial charge in [-0.25, -0.2) is 4.79 Å². The highest BCUT2D eigenvalue weighted by Crippen LogP contribution is 2.00. The van der Waals surface area contributed by atoms with Crippen molar-refractivity contribution in [1.82, 2.24) is 16.0 Å². The molecule has 0 spiro atoms. The van der Waals surface area contributed by atoms with Gasteiger partial charge in [0.25, 0.3) is 0 Å². The molecule has 0 fully saturated rings. The molecule has 0 radical (unpaired) electrons. The zero-order chi connectivity index (χ0) is 23.4. The second-order valence-corrected chi connectivity index (χ2v) is 6.95. The number of nitrogens with one attached hydrogen (secondary N) is 3. The summed E-state index contributed by atoms with van der Waals surface area (Å²) >= 11 is 3.98. The van der Waals surface area contributed by atoms with Gasteiger partial charge in [-0.2, -0.15) is 12.6 Å². The topological polar surface area (TPSA) is 235 Å². The number of nitrogens with two attached hydrogens (primary N) is 3. The van der Waals surface area contributed by atoms with Crippen molar-refractivity contribution in [3.63, 3.8) is 0 Å². The molecule has 14 heteroatoms. The molecule has 30 heavy (non-hydrogen) atoms. The smallest absolute Gasteiger partial charge is 0.326 e. The Morgan fingerprint density at radius 2 is 1.57 bits per heavy atom. The zero-order valence-electron chi connectivity index (χ0n) is 16.9. The van der Waals surface area contributed by atoms with E-state index in [9.17, 15) is 29.4 Å². The van der Waals surface area contributed by atoms with Crippen LogP contribution in [0.25, 0.3) is 0 Å². The number of hydrogen-bond acceptors (Lipinski definition) is 8. The number of amides is 3. The number of thiol groups is 1.